The molecule has 1 aromatic heterocycles. The maximum atomic E-state index is 11.0. The lowest BCUT2D eigenvalue weighted by molar-refractivity contribution is -0.140. The van der Waals surface area contributed by atoms with E-state index in [9.17, 15) is 4.79 Å². The largest absolute Gasteiger partial charge is 0.469 e. The van der Waals surface area contributed by atoms with E-state index in [2.05, 4.69) is 15.8 Å². The second-order valence-corrected chi connectivity index (χ2v) is 3.42. The normalized spacial score (nSPS) is 9.73. The first-order valence-corrected chi connectivity index (χ1v) is 4.75. The van der Waals surface area contributed by atoms with Crippen molar-refractivity contribution in [1.29, 1.82) is 5.26 Å². The van der Waals surface area contributed by atoms with Crippen molar-refractivity contribution < 1.29 is 9.53 Å². The molecule has 0 amide bonds. The van der Waals surface area contributed by atoms with E-state index in [1.165, 1.54) is 7.11 Å². The van der Waals surface area contributed by atoms with Crippen molar-refractivity contribution in [2.45, 2.75) is 26.7 Å². The molecular formula is C11H14N2O2. The molecule has 1 aromatic rings. The van der Waals surface area contributed by atoms with E-state index in [4.69, 9.17) is 5.26 Å². The summed E-state index contributed by atoms with van der Waals surface area (Å²) < 4.78 is 4.57. The molecule has 0 spiro atoms. The first-order chi connectivity index (χ1) is 7.10. The molecule has 0 unspecified atom stereocenters. The minimum atomic E-state index is -0.228. The number of rotatable bonds is 3. The monoisotopic (exact) mass is 206 g/mol. The van der Waals surface area contributed by atoms with E-state index >= 15 is 0 Å². The Labute approximate surface area is 88.9 Å². The SMILES string of the molecule is COC(=O)CCc1c(C)[nH]c(C#N)c1C. The van der Waals surface area contributed by atoms with Gasteiger partial charge < -0.3 is 9.72 Å². The highest BCUT2D eigenvalue weighted by Gasteiger charge is 2.12. The fourth-order valence-corrected chi connectivity index (χ4v) is 1.60. The van der Waals surface area contributed by atoms with Crippen LogP contribution in [-0.2, 0) is 16.0 Å². The highest BCUT2D eigenvalue weighted by atomic mass is 16.5. The van der Waals surface area contributed by atoms with Gasteiger partial charge in [-0.1, -0.05) is 0 Å². The maximum absolute atomic E-state index is 11.0. The van der Waals surface area contributed by atoms with Crippen LogP contribution in [-0.4, -0.2) is 18.1 Å². The van der Waals surface area contributed by atoms with Crippen LogP contribution in [0.3, 0.4) is 0 Å². The average Bonchev–Trinajstić information content (AvgIpc) is 2.51. The van der Waals surface area contributed by atoms with Gasteiger partial charge in [0.15, 0.2) is 0 Å². The smallest absolute Gasteiger partial charge is 0.305 e. The second-order valence-electron chi connectivity index (χ2n) is 3.42. The minimum Gasteiger partial charge on any atom is -0.469 e. The molecule has 0 aliphatic carbocycles. The van der Waals surface area contributed by atoms with Crippen LogP contribution in [0.25, 0.3) is 0 Å². The van der Waals surface area contributed by atoms with Gasteiger partial charge in [-0.2, -0.15) is 5.26 Å². The van der Waals surface area contributed by atoms with Gasteiger partial charge in [0.05, 0.1) is 7.11 Å². The zero-order chi connectivity index (χ0) is 11.4. The molecule has 4 heteroatoms. The molecule has 0 aliphatic rings. The summed E-state index contributed by atoms with van der Waals surface area (Å²) in [5.74, 6) is -0.228. The van der Waals surface area contributed by atoms with E-state index < -0.39 is 0 Å². The number of hydrogen-bond acceptors (Lipinski definition) is 3. The van der Waals surface area contributed by atoms with E-state index in [0.717, 1.165) is 16.8 Å². The van der Waals surface area contributed by atoms with E-state index in [1.807, 2.05) is 13.8 Å². The molecule has 15 heavy (non-hydrogen) atoms. The summed E-state index contributed by atoms with van der Waals surface area (Å²) >= 11 is 0. The molecule has 0 aliphatic heterocycles. The van der Waals surface area contributed by atoms with Gasteiger partial charge in [-0.25, -0.2) is 0 Å². The van der Waals surface area contributed by atoms with Gasteiger partial charge in [-0.05, 0) is 31.4 Å². The van der Waals surface area contributed by atoms with E-state index in [-0.39, 0.29) is 5.97 Å². The third-order valence-electron chi connectivity index (χ3n) is 2.51. The van der Waals surface area contributed by atoms with Gasteiger partial charge in [0.2, 0.25) is 0 Å². The Morgan fingerprint density at radius 2 is 2.20 bits per heavy atom. The summed E-state index contributed by atoms with van der Waals surface area (Å²) in [4.78, 5) is 14.0. The van der Waals surface area contributed by atoms with Gasteiger partial charge in [0.1, 0.15) is 11.8 Å². The zero-order valence-corrected chi connectivity index (χ0v) is 9.18. The Hall–Kier alpha value is -1.76. The summed E-state index contributed by atoms with van der Waals surface area (Å²) in [7, 11) is 1.37. The third-order valence-corrected chi connectivity index (χ3v) is 2.51. The lowest BCUT2D eigenvalue weighted by Crippen LogP contribution is -2.02. The topological polar surface area (TPSA) is 65.9 Å². The highest BCUT2D eigenvalue weighted by molar-refractivity contribution is 5.69. The summed E-state index contributed by atoms with van der Waals surface area (Å²) in [6.07, 6.45) is 0.962. The highest BCUT2D eigenvalue weighted by Crippen LogP contribution is 2.18. The molecule has 1 heterocycles. The van der Waals surface area contributed by atoms with E-state index in [1.54, 1.807) is 0 Å². The number of nitrogens with one attached hydrogen (secondary N) is 1. The molecule has 4 nitrogen and oxygen atoms in total. The number of esters is 1. The van der Waals surface area contributed by atoms with Crippen molar-refractivity contribution in [3.63, 3.8) is 0 Å². The molecule has 1 N–H and O–H groups in total. The van der Waals surface area contributed by atoms with Crippen LogP contribution >= 0.6 is 0 Å². The number of aromatic nitrogens is 1. The number of H-pyrrole nitrogens is 1. The lowest BCUT2D eigenvalue weighted by atomic mass is 10.1. The van der Waals surface area contributed by atoms with E-state index in [0.29, 0.717) is 18.5 Å². The molecule has 0 radical (unpaired) electrons. The van der Waals surface area contributed by atoms with Gasteiger partial charge in [-0.3, -0.25) is 4.79 Å². The molecule has 0 bridgehead atoms. The van der Waals surface area contributed by atoms with Crippen molar-refractivity contribution in [1.82, 2.24) is 4.98 Å². The van der Waals surface area contributed by atoms with Crippen molar-refractivity contribution in [3.8, 4) is 6.07 Å². The first kappa shape index (κ1) is 11.3. The van der Waals surface area contributed by atoms with Crippen molar-refractivity contribution in [2.24, 2.45) is 0 Å². The number of nitriles is 1. The van der Waals surface area contributed by atoms with Gasteiger partial charge in [0, 0.05) is 12.1 Å². The van der Waals surface area contributed by atoms with Crippen LogP contribution in [0.2, 0.25) is 0 Å². The molecule has 80 valence electrons. The molecule has 1 rings (SSSR count). The van der Waals surface area contributed by atoms with Crippen LogP contribution in [0.4, 0.5) is 0 Å². The summed E-state index contributed by atoms with van der Waals surface area (Å²) in [5.41, 5.74) is 3.50. The van der Waals surface area contributed by atoms with Crippen LogP contribution in [0.5, 0.6) is 0 Å². The number of aryl methyl sites for hydroxylation is 1. The predicted octanol–water partition coefficient (Wildman–Crippen LogP) is 1.61. The third kappa shape index (κ3) is 2.38. The fourth-order valence-electron chi connectivity index (χ4n) is 1.60. The number of hydrogen-bond donors (Lipinski definition) is 1. The lowest BCUT2D eigenvalue weighted by Gasteiger charge is -2.01. The predicted molar refractivity (Wildman–Crippen MR) is 55.3 cm³/mol. The summed E-state index contributed by atoms with van der Waals surface area (Å²) in [6, 6.07) is 2.09. The standard InChI is InChI=1S/C11H14N2O2/c1-7-9(4-5-11(14)15-3)8(2)13-10(7)6-12/h13H,4-5H2,1-3H3. The Balaban J connectivity index is 2.82. The average molecular weight is 206 g/mol. The number of carbonyl (C=O) groups is 1. The van der Waals surface area contributed by atoms with Crippen LogP contribution in [0.1, 0.15) is 28.9 Å². The minimum absolute atomic E-state index is 0.228. The summed E-state index contributed by atoms with van der Waals surface area (Å²) in [5, 5.41) is 8.81. The molecule has 0 saturated heterocycles. The number of aromatic amines is 1. The maximum Gasteiger partial charge on any atom is 0.305 e. The summed E-state index contributed by atoms with van der Waals surface area (Å²) in [6.45, 7) is 3.79. The van der Waals surface area contributed by atoms with Gasteiger partial charge >= 0.3 is 5.97 Å². The first-order valence-electron chi connectivity index (χ1n) is 4.75. The second kappa shape index (κ2) is 4.65. The molecule has 0 atom stereocenters. The number of methoxy groups -OCH3 is 1. The number of nitrogens with zero attached hydrogens (tertiary/aromatic N) is 1. The fraction of sp³-hybridized carbons (Fsp3) is 0.455. The molecule has 0 fully saturated rings. The van der Waals surface area contributed by atoms with Crippen molar-refractivity contribution in [2.75, 3.05) is 7.11 Å². The van der Waals surface area contributed by atoms with Gasteiger partial charge in [0.25, 0.3) is 0 Å². The van der Waals surface area contributed by atoms with Crippen LogP contribution in [0.15, 0.2) is 0 Å². The van der Waals surface area contributed by atoms with Gasteiger partial charge in [-0.15, -0.1) is 0 Å². The number of carbonyl (C=O) groups excluding carboxylic acids is 1. The Morgan fingerprint density at radius 3 is 2.67 bits per heavy atom. The zero-order valence-electron chi connectivity index (χ0n) is 9.18. The number of ether oxygens (including phenoxy) is 1. The van der Waals surface area contributed by atoms with Crippen molar-refractivity contribution >= 4 is 5.97 Å². The van der Waals surface area contributed by atoms with Crippen molar-refractivity contribution in [3.05, 3.63) is 22.5 Å². The quantitative estimate of drug-likeness (QED) is 0.764. The molecule has 0 aromatic carbocycles. The van der Waals surface area contributed by atoms with Crippen LogP contribution in [0, 0.1) is 25.2 Å². The van der Waals surface area contributed by atoms with Crippen LogP contribution < -0.4 is 0 Å². The molecular weight excluding hydrogens is 192 g/mol. The Kier molecular flexibility index (Phi) is 3.51. The molecule has 0 saturated carbocycles. The Morgan fingerprint density at radius 1 is 1.53 bits per heavy atom. The Bertz CT molecular complexity index is 413.